The minimum Gasteiger partial charge on any atom is -0.316 e. The van der Waals surface area contributed by atoms with E-state index < -0.39 is 0 Å². The highest BCUT2D eigenvalue weighted by Crippen LogP contribution is 2.45. The minimum atomic E-state index is 0.420. The molecule has 4 atom stereocenters. The molecule has 2 aliphatic heterocycles. The highest BCUT2D eigenvalue weighted by molar-refractivity contribution is 5.07. The maximum atomic E-state index is 3.60. The summed E-state index contributed by atoms with van der Waals surface area (Å²) in [7, 11) is 0. The lowest BCUT2D eigenvalue weighted by atomic mass is 9.79. The lowest BCUT2D eigenvalue weighted by Crippen LogP contribution is -2.52. The molecule has 2 nitrogen and oxygen atoms in total. The van der Waals surface area contributed by atoms with E-state index in [0.29, 0.717) is 5.54 Å². The van der Waals surface area contributed by atoms with E-state index in [1.807, 2.05) is 0 Å². The van der Waals surface area contributed by atoms with Gasteiger partial charge in [0.1, 0.15) is 0 Å². The predicted octanol–water partition coefficient (Wildman–Crippen LogP) is 2.89. The molecule has 18 heavy (non-hydrogen) atoms. The number of likely N-dealkylation sites (tertiary alicyclic amines) is 1. The van der Waals surface area contributed by atoms with Gasteiger partial charge in [-0.1, -0.05) is 26.2 Å². The summed E-state index contributed by atoms with van der Waals surface area (Å²) in [6.07, 6.45) is 7.24. The van der Waals surface area contributed by atoms with Crippen LogP contribution in [0.25, 0.3) is 0 Å². The van der Waals surface area contributed by atoms with Crippen molar-refractivity contribution in [3.63, 3.8) is 0 Å². The Bertz CT molecular complexity index is 299. The third-order valence-corrected chi connectivity index (χ3v) is 6.21. The predicted molar refractivity (Wildman–Crippen MR) is 76.7 cm³/mol. The average molecular weight is 250 g/mol. The van der Waals surface area contributed by atoms with E-state index in [-0.39, 0.29) is 0 Å². The van der Waals surface area contributed by atoms with Crippen LogP contribution < -0.4 is 5.32 Å². The molecule has 1 aliphatic carbocycles. The van der Waals surface area contributed by atoms with Gasteiger partial charge in [-0.2, -0.15) is 0 Å². The van der Waals surface area contributed by atoms with Gasteiger partial charge in [0.05, 0.1) is 0 Å². The maximum absolute atomic E-state index is 3.60. The zero-order chi connectivity index (χ0) is 12.8. The smallest absolute Gasteiger partial charge is 0.0200 e. The van der Waals surface area contributed by atoms with Crippen molar-refractivity contribution in [1.29, 1.82) is 0 Å². The molecule has 3 fully saturated rings. The molecule has 4 unspecified atom stereocenters. The highest BCUT2D eigenvalue weighted by atomic mass is 15.3. The molecule has 0 bridgehead atoms. The van der Waals surface area contributed by atoms with E-state index in [1.165, 1.54) is 51.7 Å². The average Bonchev–Trinajstić information content (AvgIpc) is 2.92. The van der Waals surface area contributed by atoms with Crippen LogP contribution in [-0.2, 0) is 0 Å². The Hall–Kier alpha value is -0.0800. The van der Waals surface area contributed by atoms with Crippen molar-refractivity contribution < 1.29 is 0 Å². The van der Waals surface area contributed by atoms with Crippen LogP contribution in [-0.4, -0.2) is 36.1 Å². The summed E-state index contributed by atoms with van der Waals surface area (Å²) >= 11 is 0. The number of hydrogen-bond donors (Lipinski definition) is 1. The molecule has 0 aromatic carbocycles. The van der Waals surface area contributed by atoms with Crippen LogP contribution in [0.5, 0.6) is 0 Å². The molecule has 2 heterocycles. The number of fused-ring (bicyclic) bond motifs is 1. The molecule has 2 saturated heterocycles. The second-order valence-electron chi connectivity index (χ2n) is 7.35. The van der Waals surface area contributed by atoms with Gasteiger partial charge in [-0.25, -0.2) is 0 Å². The highest BCUT2D eigenvalue weighted by Gasteiger charge is 2.52. The molecule has 0 amide bonds. The van der Waals surface area contributed by atoms with Crippen LogP contribution in [0.1, 0.15) is 52.9 Å². The standard InChI is InChI=1S/C16H30N2/c1-4-12-7-5-6-8-15(12)18-11-13-9-17-10-14(13)16(18,2)3/h12-15,17H,4-11H2,1-3H3. The van der Waals surface area contributed by atoms with Gasteiger partial charge in [-0.15, -0.1) is 0 Å². The Morgan fingerprint density at radius 2 is 1.94 bits per heavy atom. The first-order valence-electron chi connectivity index (χ1n) is 8.12. The Morgan fingerprint density at radius 1 is 1.17 bits per heavy atom. The van der Waals surface area contributed by atoms with Crippen LogP contribution in [0, 0.1) is 17.8 Å². The number of nitrogens with one attached hydrogen (secondary N) is 1. The van der Waals surface area contributed by atoms with Crippen molar-refractivity contribution in [1.82, 2.24) is 10.2 Å². The molecule has 1 N–H and O–H groups in total. The molecule has 2 heteroatoms. The summed E-state index contributed by atoms with van der Waals surface area (Å²) in [5, 5.41) is 3.60. The number of nitrogens with zero attached hydrogens (tertiary/aromatic N) is 1. The first-order valence-corrected chi connectivity index (χ1v) is 8.12. The fourth-order valence-corrected chi connectivity index (χ4v) is 5.09. The molecule has 0 radical (unpaired) electrons. The van der Waals surface area contributed by atoms with E-state index in [1.54, 1.807) is 0 Å². The largest absolute Gasteiger partial charge is 0.316 e. The number of hydrogen-bond acceptors (Lipinski definition) is 2. The summed E-state index contributed by atoms with van der Waals surface area (Å²) in [5.74, 6) is 2.76. The molecule has 0 spiro atoms. The van der Waals surface area contributed by atoms with Crippen molar-refractivity contribution in [2.75, 3.05) is 19.6 Å². The lowest BCUT2D eigenvalue weighted by Gasteiger charge is -2.46. The summed E-state index contributed by atoms with van der Waals surface area (Å²) < 4.78 is 0. The topological polar surface area (TPSA) is 15.3 Å². The molecular weight excluding hydrogens is 220 g/mol. The van der Waals surface area contributed by atoms with Gasteiger partial charge in [-0.05, 0) is 51.0 Å². The quantitative estimate of drug-likeness (QED) is 0.811. The summed E-state index contributed by atoms with van der Waals surface area (Å²) in [6, 6.07) is 0.879. The second-order valence-corrected chi connectivity index (χ2v) is 7.35. The molecule has 3 aliphatic rings. The van der Waals surface area contributed by atoms with Gasteiger partial charge >= 0.3 is 0 Å². The second kappa shape index (κ2) is 4.79. The van der Waals surface area contributed by atoms with Crippen LogP contribution in [0.3, 0.4) is 0 Å². The van der Waals surface area contributed by atoms with E-state index in [9.17, 15) is 0 Å². The minimum absolute atomic E-state index is 0.420. The van der Waals surface area contributed by atoms with Gasteiger partial charge in [0.15, 0.2) is 0 Å². The zero-order valence-corrected chi connectivity index (χ0v) is 12.4. The monoisotopic (exact) mass is 250 g/mol. The Balaban J connectivity index is 1.79. The first kappa shape index (κ1) is 12.9. The van der Waals surface area contributed by atoms with Crippen molar-refractivity contribution in [3.8, 4) is 0 Å². The SMILES string of the molecule is CCC1CCCCC1N1CC2CNCC2C1(C)C. The van der Waals surface area contributed by atoms with Crippen LogP contribution in [0.4, 0.5) is 0 Å². The Labute approximate surface area is 113 Å². The van der Waals surface area contributed by atoms with Crippen LogP contribution in [0.15, 0.2) is 0 Å². The van der Waals surface area contributed by atoms with Crippen LogP contribution >= 0.6 is 0 Å². The molecular formula is C16H30N2. The molecule has 0 aromatic rings. The van der Waals surface area contributed by atoms with Crippen molar-refractivity contribution >= 4 is 0 Å². The summed E-state index contributed by atoms with van der Waals surface area (Å²) in [5.41, 5.74) is 0.420. The van der Waals surface area contributed by atoms with E-state index in [0.717, 1.165) is 23.8 Å². The van der Waals surface area contributed by atoms with Gasteiger partial charge < -0.3 is 5.32 Å². The van der Waals surface area contributed by atoms with Crippen molar-refractivity contribution in [3.05, 3.63) is 0 Å². The number of rotatable bonds is 2. The molecule has 104 valence electrons. The van der Waals surface area contributed by atoms with Gasteiger partial charge in [-0.3, -0.25) is 4.90 Å². The van der Waals surface area contributed by atoms with E-state index >= 15 is 0 Å². The third-order valence-electron chi connectivity index (χ3n) is 6.21. The van der Waals surface area contributed by atoms with Gasteiger partial charge in [0.2, 0.25) is 0 Å². The fourth-order valence-electron chi connectivity index (χ4n) is 5.09. The first-order chi connectivity index (χ1) is 8.64. The van der Waals surface area contributed by atoms with Gasteiger partial charge in [0.25, 0.3) is 0 Å². The normalized spacial score (nSPS) is 44.2. The Kier molecular flexibility index (Phi) is 3.44. The van der Waals surface area contributed by atoms with Crippen LogP contribution in [0.2, 0.25) is 0 Å². The fraction of sp³-hybridized carbons (Fsp3) is 1.00. The summed E-state index contributed by atoms with van der Waals surface area (Å²) in [4.78, 5) is 2.91. The van der Waals surface area contributed by atoms with Gasteiger partial charge in [0, 0.05) is 24.7 Å². The lowest BCUT2D eigenvalue weighted by molar-refractivity contribution is 0.0336. The van der Waals surface area contributed by atoms with E-state index in [2.05, 4.69) is 31.0 Å². The summed E-state index contributed by atoms with van der Waals surface area (Å²) in [6.45, 7) is 11.3. The Morgan fingerprint density at radius 3 is 2.67 bits per heavy atom. The van der Waals surface area contributed by atoms with E-state index in [4.69, 9.17) is 0 Å². The maximum Gasteiger partial charge on any atom is 0.0200 e. The third kappa shape index (κ3) is 1.92. The zero-order valence-electron chi connectivity index (χ0n) is 12.4. The molecule has 0 aromatic heterocycles. The van der Waals surface area contributed by atoms with Crippen molar-refractivity contribution in [2.24, 2.45) is 17.8 Å². The molecule has 3 rings (SSSR count). The molecule has 1 saturated carbocycles. The van der Waals surface area contributed by atoms with Crippen molar-refractivity contribution in [2.45, 2.75) is 64.5 Å².